The number of aryl methyl sites for hydroxylation is 2. The fourth-order valence-corrected chi connectivity index (χ4v) is 2.12. The Morgan fingerprint density at radius 2 is 2.35 bits per heavy atom. The molecule has 0 fully saturated rings. The molecule has 2 aromatic heterocycles. The van der Waals surface area contributed by atoms with Crippen LogP contribution in [0.5, 0.6) is 0 Å². The van der Waals surface area contributed by atoms with Crippen LogP contribution in [0.15, 0.2) is 15.9 Å². The molecule has 0 saturated carbocycles. The number of rotatable bonds is 7. The van der Waals surface area contributed by atoms with Crippen molar-refractivity contribution in [3.05, 3.63) is 27.2 Å². The topological polar surface area (TPSA) is 82.0 Å². The van der Waals surface area contributed by atoms with E-state index in [0.717, 1.165) is 10.9 Å². The van der Waals surface area contributed by atoms with Gasteiger partial charge in [0.2, 0.25) is 0 Å². The van der Waals surface area contributed by atoms with Crippen molar-refractivity contribution >= 4 is 11.2 Å². The van der Waals surface area contributed by atoms with Crippen LogP contribution in [0.3, 0.4) is 0 Å². The fourth-order valence-electron chi connectivity index (χ4n) is 2.12. The average Bonchev–Trinajstić information content (AvgIpc) is 3.12. The van der Waals surface area contributed by atoms with Gasteiger partial charge in [-0.3, -0.25) is 13.9 Å². The summed E-state index contributed by atoms with van der Waals surface area (Å²) in [5.74, 6) is 0. The van der Waals surface area contributed by atoms with Crippen LogP contribution in [0.4, 0.5) is 0 Å². The Kier molecular flexibility index (Phi) is 2.02. The molecular formula is C16H26N4O3. The van der Waals surface area contributed by atoms with E-state index >= 15 is 0 Å². The molecule has 128 valence electrons. The predicted molar refractivity (Wildman–Crippen MR) is 89.7 cm³/mol. The van der Waals surface area contributed by atoms with Crippen molar-refractivity contribution in [2.45, 2.75) is 64.9 Å². The minimum absolute atomic E-state index is 0.145. The summed E-state index contributed by atoms with van der Waals surface area (Å²) in [6.45, 7) is -11.9. The van der Waals surface area contributed by atoms with Gasteiger partial charge in [-0.15, -0.1) is 0 Å². The van der Waals surface area contributed by atoms with E-state index < -0.39 is 80.9 Å². The summed E-state index contributed by atoms with van der Waals surface area (Å²) in [5.41, 5.74) is -7.41. The summed E-state index contributed by atoms with van der Waals surface area (Å²) in [6.07, 6.45) is -4.01. The quantitative estimate of drug-likeness (QED) is 0.824. The molecule has 0 amide bonds. The average molecular weight is 338 g/mol. The van der Waals surface area contributed by atoms with Crippen LogP contribution in [0.1, 0.15) is 64.1 Å². The van der Waals surface area contributed by atoms with Crippen molar-refractivity contribution < 1.29 is 22.9 Å². The van der Waals surface area contributed by atoms with Crippen molar-refractivity contribution in [1.29, 1.82) is 0 Å². The highest BCUT2D eigenvalue weighted by atomic mass is 16.3. The van der Waals surface area contributed by atoms with E-state index in [4.69, 9.17) is 17.8 Å². The van der Waals surface area contributed by atoms with Gasteiger partial charge in [0.05, 0.1) is 11.9 Å². The molecule has 7 heteroatoms. The van der Waals surface area contributed by atoms with E-state index in [1.807, 2.05) is 0 Å². The lowest BCUT2D eigenvalue weighted by atomic mass is 10.0. The van der Waals surface area contributed by atoms with Crippen LogP contribution in [-0.2, 0) is 20.0 Å². The first kappa shape index (κ1) is 6.93. The molecule has 7 nitrogen and oxygen atoms in total. The van der Waals surface area contributed by atoms with Crippen molar-refractivity contribution in [1.82, 2.24) is 18.7 Å². The number of aromatic nitrogens is 4. The number of imidazole rings is 1. The molecule has 0 saturated heterocycles. The second-order valence-corrected chi connectivity index (χ2v) is 4.86. The number of hydrogen-bond donors (Lipinski definition) is 1. The van der Waals surface area contributed by atoms with Gasteiger partial charge in [-0.1, -0.05) is 6.92 Å². The van der Waals surface area contributed by atoms with Gasteiger partial charge in [0.1, 0.15) is 0 Å². The molecule has 0 aliphatic rings. The zero-order chi connectivity index (χ0) is 28.3. The standard InChI is InChI=1S/C16H26N4O3/c1-5-9-19-11-17-13-12(19)14(21)20(15(22)18(13)4)10-7-6-8-16(2,3)23/h11,23H,5-10H2,1-4H3/i2D3,3T3,4D3,8D2,9D2. The number of nitrogens with zero attached hydrogens (tertiary/aromatic N) is 4. The molecule has 0 aliphatic carbocycles. The van der Waals surface area contributed by atoms with E-state index in [1.54, 1.807) is 0 Å². The molecular weight excluding hydrogens is 296 g/mol. The summed E-state index contributed by atoms with van der Waals surface area (Å²) in [4.78, 5) is 29.9. The van der Waals surface area contributed by atoms with Gasteiger partial charge in [-0.2, -0.15) is 0 Å². The Morgan fingerprint density at radius 1 is 1.52 bits per heavy atom. The zero-order valence-electron chi connectivity index (χ0n) is 25.5. The fraction of sp³-hybridized carbons (Fsp3) is 0.688. The largest absolute Gasteiger partial charge is 0.390 e. The predicted octanol–water partition coefficient (Wildman–Crippen LogP) is 1.25. The lowest BCUT2D eigenvalue weighted by Crippen LogP contribution is -2.39. The van der Waals surface area contributed by atoms with E-state index in [2.05, 4.69) is 4.98 Å². The van der Waals surface area contributed by atoms with Gasteiger partial charge in [-0.25, -0.2) is 9.78 Å². The first-order chi connectivity index (χ1) is 16.0. The van der Waals surface area contributed by atoms with E-state index in [9.17, 15) is 14.7 Å². The highest BCUT2D eigenvalue weighted by Crippen LogP contribution is 2.12. The molecule has 1 unspecified atom stereocenters. The van der Waals surface area contributed by atoms with Crippen molar-refractivity contribution in [3.8, 4) is 0 Å². The Labute approximate surface area is 153 Å². The van der Waals surface area contributed by atoms with E-state index in [-0.39, 0.29) is 11.0 Å². The molecule has 1 N–H and O–H groups in total. The van der Waals surface area contributed by atoms with E-state index in [1.165, 1.54) is 6.92 Å². The normalized spacial score (nSPS) is 25.6. The van der Waals surface area contributed by atoms with Crippen LogP contribution in [0, 0.1) is 0 Å². The minimum Gasteiger partial charge on any atom is -0.390 e. The Balaban J connectivity index is 2.64. The molecule has 0 bridgehead atoms. The Morgan fingerprint density at radius 3 is 3.00 bits per heavy atom. The molecule has 23 heavy (non-hydrogen) atoms. The highest BCUT2D eigenvalue weighted by molar-refractivity contribution is 5.69. The molecule has 2 rings (SSSR count). The lowest BCUT2D eigenvalue weighted by Gasteiger charge is -2.16. The van der Waals surface area contributed by atoms with Crippen LogP contribution >= 0.6 is 0 Å². The van der Waals surface area contributed by atoms with Gasteiger partial charge >= 0.3 is 5.69 Å². The summed E-state index contributed by atoms with van der Waals surface area (Å²) in [6, 6.07) is 0. The maximum absolute atomic E-state index is 13.2. The van der Waals surface area contributed by atoms with Crippen molar-refractivity contribution in [2.24, 2.45) is 6.98 Å². The SMILES string of the molecule is [2H]C([2H])([2H])n1c(=O)n(CCCC([2H])([2H])C(O)(C([2H])([2H])[2H])C([3H])([3H])[3H])c(=O)c2c1ncn2C([2H])([2H])CC. The first-order valence-corrected chi connectivity index (χ1v) is 6.92. The number of aliphatic hydroxyl groups is 1. The van der Waals surface area contributed by atoms with Crippen LogP contribution in [0.25, 0.3) is 11.2 Å². The first-order valence-electron chi connectivity index (χ1n) is 13.4. The highest BCUT2D eigenvalue weighted by Gasteiger charge is 2.16. The molecule has 2 aromatic rings. The van der Waals surface area contributed by atoms with Gasteiger partial charge in [0.15, 0.2) is 11.2 Å². The summed E-state index contributed by atoms with van der Waals surface area (Å²) in [7, 11) is 0. The van der Waals surface area contributed by atoms with Gasteiger partial charge in [-0.05, 0) is 39.3 Å². The van der Waals surface area contributed by atoms with Gasteiger partial charge in [0, 0.05) is 37.8 Å². The second kappa shape index (κ2) is 6.70. The van der Waals surface area contributed by atoms with Gasteiger partial charge in [0.25, 0.3) is 5.56 Å². The lowest BCUT2D eigenvalue weighted by molar-refractivity contribution is 0.0678. The van der Waals surface area contributed by atoms with Crippen molar-refractivity contribution in [3.63, 3.8) is 0 Å². The minimum atomic E-state index is -3.78. The zero-order valence-corrected chi connectivity index (χ0v) is 12.5. The number of hydrogen-bond acceptors (Lipinski definition) is 4. The molecule has 0 radical (unpaired) electrons. The molecule has 0 aromatic carbocycles. The summed E-state index contributed by atoms with van der Waals surface area (Å²) >= 11 is 0. The Hall–Kier alpha value is -1.89. The van der Waals surface area contributed by atoms with E-state index in [0.29, 0.717) is 4.57 Å². The molecule has 1 atom stereocenters. The third kappa shape index (κ3) is 3.72. The van der Waals surface area contributed by atoms with Gasteiger partial charge < -0.3 is 9.67 Å². The monoisotopic (exact) mass is 338 g/mol. The smallest absolute Gasteiger partial charge is 0.332 e. The van der Waals surface area contributed by atoms with Crippen LogP contribution in [-0.4, -0.2) is 29.4 Å². The summed E-state index contributed by atoms with van der Waals surface area (Å²) in [5, 5.41) is 10.5. The third-order valence-corrected chi connectivity index (χ3v) is 3.10. The van der Waals surface area contributed by atoms with Crippen LogP contribution in [0.2, 0.25) is 0 Å². The number of fused-ring (bicyclic) bond motifs is 1. The second-order valence-electron chi connectivity index (χ2n) is 4.86. The molecule has 0 aliphatic heterocycles. The Bertz CT molecular complexity index is 1220. The molecule has 0 spiro atoms. The molecule has 2 heterocycles. The maximum Gasteiger partial charge on any atom is 0.332 e. The summed E-state index contributed by atoms with van der Waals surface area (Å²) < 4.78 is 101. The van der Waals surface area contributed by atoms with Crippen molar-refractivity contribution in [2.75, 3.05) is 0 Å². The maximum atomic E-state index is 13.2. The van der Waals surface area contributed by atoms with Crippen LogP contribution < -0.4 is 11.2 Å². The third-order valence-electron chi connectivity index (χ3n) is 3.10.